The first-order valence-electron chi connectivity index (χ1n) is 4.52. The van der Waals surface area contributed by atoms with Crippen molar-refractivity contribution >= 4 is 28.3 Å². The fourth-order valence-corrected chi connectivity index (χ4v) is 1.72. The summed E-state index contributed by atoms with van der Waals surface area (Å²) in [5.41, 5.74) is 0. The van der Waals surface area contributed by atoms with Crippen molar-refractivity contribution in [3.05, 3.63) is 0 Å². The predicted octanol–water partition coefficient (Wildman–Crippen LogP) is 2.44. The molecule has 0 saturated carbocycles. The average Bonchev–Trinajstić information content (AvgIpc) is 2.10. The Labute approximate surface area is 88.4 Å². The number of halogens is 1. The van der Waals surface area contributed by atoms with Crippen LogP contribution in [0.15, 0.2) is 0 Å². The van der Waals surface area contributed by atoms with Gasteiger partial charge in [0.25, 0.3) is 0 Å². The molecule has 0 radical (unpaired) electrons. The van der Waals surface area contributed by atoms with E-state index in [0.717, 1.165) is 23.7 Å². The van der Waals surface area contributed by atoms with E-state index in [1.165, 1.54) is 6.42 Å². The molecule has 0 bridgehead atoms. The molecule has 0 saturated heterocycles. The van der Waals surface area contributed by atoms with Gasteiger partial charge in [-0.2, -0.15) is 0 Å². The molecule has 1 unspecified atom stereocenters. The van der Waals surface area contributed by atoms with Gasteiger partial charge in [-0.05, 0) is 13.3 Å². The first-order chi connectivity index (χ1) is 5.81. The SMILES string of the molecule is CCOCOCCC[CH](C)[Mg][Cl]. The van der Waals surface area contributed by atoms with Crippen LogP contribution >= 0.6 is 9.07 Å². The second kappa shape index (κ2) is 10.1. The summed E-state index contributed by atoms with van der Waals surface area (Å²) in [4.78, 5) is 0. The molecule has 2 nitrogen and oxygen atoms in total. The average molecular weight is 205 g/mol. The zero-order valence-electron chi connectivity index (χ0n) is 8.01. The number of ether oxygens (including phenoxy) is 2. The lowest BCUT2D eigenvalue weighted by Gasteiger charge is -2.06. The van der Waals surface area contributed by atoms with E-state index in [1.54, 1.807) is 0 Å². The minimum atomic E-state index is -0.320. The summed E-state index contributed by atoms with van der Waals surface area (Å²) in [5.74, 6) is 0. The van der Waals surface area contributed by atoms with E-state index in [1.807, 2.05) is 6.92 Å². The molecule has 0 rings (SSSR count). The van der Waals surface area contributed by atoms with Crippen molar-refractivity contribution in [2.45, 2.75) is 30.7 Å². The van der Waals surface area contributed by atoms with Crippen molar-refractivity contribution in [2.24, 2.45) is 0 Å². The second-order valence-corrected chi connectivity index (χ2v) is 5.55. The second-order valence-electron chi connectivity index (χ2n) is 2.92. The molecule has 4 heteroatoms. The highest BCUT2D eigenvalue weighted by Gasteiger charge is 2.03. The Kier molecular flexibility index (Phi) is 10.9. The van der Waals surface area contributed by atoms with E-state index in [4.69, 9.17) is 18.5 Å². The van der Waals surface area contributed by atoms with Gasteiger partial charge in [-0.15, -0.1) is 4.05 Å². The lowest BCUT2D eigenvalue weighted by atomic mass is 10.2. The zero-order chi connectivity index (χ0) is 9.23. The lowest BCUT2D eigenvalue weighted by Crippen LogP contribution is -2.02. The summed E-state index contributed by atoms with van der Waals surface area (Å²) in [7, 11) is 5.79. The van der Waals surface area contributed by atoms with Crippen LogP contribution in [0.5, 0.6) is 0 Å². The molecule has 0 aromatic heterocycles. The summed E-state index contributed by atoms with van der Waals surface area (Å²) in [6, 6.07) is 0. The fourth-order valence-electron chi connectivity index (χ4n) is 0.812. The van der Waals surface area contributed by atoms with Gasteiger partial charge < -0.3 is 18.5 Å². The molecule has 12 heavy (non-hydrogen) atoms. The summed E-state index contributed by atoms with van der Waals surface area (Å²) >= 11 is -0.320. The molecular weight excluding hydrogens is 188 g/mol. The summed E-state index contributed by atoms with van der Waals surface area (Å²) < 4.78 is 11.0. The Morgan fingerprint density at radius 3 is 2.75 bits per heavy atom. The monoisotopic (exact) mass is 204 g/mol. The molecular formula is C8H17ClMgO2. The number of hydrogen-bond acceptors (Lipinski definition) is 2. The van der Waals surface area contributed by atoms with Crippen molar-refractivity contribution in [3.63, 3.8) is 0 Å². The maximum Gasteiger partial charge on any atom is 0.504 e. The molecule has 0 spiro atoms. The Bertz CT molecular complexity index is 93.1. The topological polar surface area (TPSA) is 18.5 Å². The highest BCUT2D eigenvalue weighted by molar-refractivity contribution is 6.94. The highest BCUT2D eigenvalue weighted by Crippen LogP contribution is 2.11. The van der Waals surface area contributed by atoms with E-state index in [0.29, 0.717) is 6.79 Å². The maximum atomic E-state index is 5.79. The molecule has 0 aromatic carbocycles. The molecule has 0 fully saturated rings. The molecule has 0 heterocycles. The molecule has 0 aliphatic carbocycles. The number of hydrogen-bond donors (Lipinski definition) is 0. The maximum absolute atomic E-state index is 5.79. The summed E-state index contributed by atoms with van der Waals surface area (Å²) in [6.45, 7) is 6.14. The predicted molar refractivity (Wildman–Crippen MR) is 52.7 cm³/mol. The Hall–Kier alpha value is 0.976. The third-order valence-corrected chi connectivity index (χ3v) is 4.14. The molecule has 0 N–H and O–H groups in total. The zero-order valence-corrected chi connectivity index (χ0v) is 10.2. The molecule has 0 aliphatic rings. The minimum absolute atomic E-state index is 0.320. The van der Waals surface area contributed by atoms with Gasteiger partial charge in [0.15, 0.2) is 0 Å². The van der Waals surface area contributed by atoms with E-state index >= 15 is 0 Å². The molecule has 0 aliphatic heterocycles. The van der Waals surface area contributed by atoms with Crippen molar-refractivity contribution < 1.29 is 9.47 Å². The normalized spacial score (nSPS) is 12.6. The van der Waals surface area contributed by atoms with Crippen LogP contribution in [0, 0.1) is 0 Å². The van der Waals surface area contributed by atoms with Crippen molar-refractivity contribution in [2.75, 3.05) is 20.0 Å². The van der Waals surface area contributed by atoms with Crippen LogP contribution in [-0.4, -0.2) is 39.3 Å². The Balaban J connectivity index is 2.90. The summed E-state index contributed by atoms with van der Waals surface area (Å²) in [5, 5.41) is 0. The van der Waals surface area contributed by atoms with Crippen LogP contribution in [0.2, 0.25) is 4.05 Å². The van der Waals surface area contributed by atoms with E-state index in [9.17, 15) is 0 Å². The van der Waals surface area contributed by atoms with Crippen LogP contribution in [0.25, 0.3) is 0 Å². The van der Waals surface area contributed by atoms with Crippen LogP contribution in [0.1, 0.15) is 26.7 Å². The van der Waals surface area contributed by atoms with Crippen LogP contribution in [-0.2, 0) is 9.47 Å². The van der Waals surface area contributed by atoms with Crippen LogP contribution in [0.3, 0.4) is 0 Å². The first kappa shape index (κ1) is 13.0. The third kappa shape index (κ3) is 9.07. The standard InChI is InChI=1S/C8H17O2.ClH.Mg/c1-3-5-6-7-10-8-9-4-2;;/h3H,4-8H2,1-2H3;1H;/q;;+1/p-1. The minimum Gasteiger partial charge on any atom is -0.356 e. The quantitative estimate of drug-likeness (QED) is 0.344. The van der Waals surface area contributed by atoms with Gasteiger partial charge in [-0.25, -0.2) is 0 Å². The van der Waals surface area contributed by atoms with Crippen molar-refractivity contribution in [3.8, 4) is 0 Å². The van der Waals surface area contributed by atoms with Gasteiger partial charge in [-0.1, -0.05) is 13.3 Å². The van der Waals surface area contributed by atoms with Crippen molar-refractivity contribution in [1.29, 1.82) is 0 Å². The van der Waals surface area contributed by atoms with E-state index < -0.39 is 0 Å². The Morgan fingerprint density at radius 1 is 1.42 bits per heavy atom. The van der Waals surface area contributed by atoms with Gasteiger partial charge in [0.05, 0.1) is 0 Å². The van der Waals surface area contributed by atoms with Gasteiger partial charge in [-0.3, -0.25) is 0 Å². The molecule has 70 valence electrons. The smallest absolute Gasteiger partial charge is 0.356 e. The largest absolute Gasteiger partial charge is 0.504 e. The van der Waals surface area contributed by atoms with Crippen LogP contribution in [0.4, 0.5) is 0 Å². The van der Waals surface area contributed by atoms with Gasteiger partial charge in [0.1, 0.15) is 6.79 Å². The fraction of sp³-hybridized carbons (Fsp3) is 1.00. The van der Waals surface area contributed by atoms with E-state index in [2.05, 4.69) is 6.92 Å². The molecule has 0 amide bonds. The van der Waals surface area contributed by atoms with Crippen LogP contribution < -0.4 is 0 Å². The van der Waals surface area contributed by atoms with E-state index in [-0.39, 0.29) is 19.3 Å². The third-order valence-electron chi connectivity index (χ3n) is 1.62. The first-order valence-corrected chi connectivity index (χ1v) is 7.48. The van der Waals surface area contributed by atoms with Gasteiger partial charge >= 0.3 is 19.3 Å². The van der Waals surface area contributed by atoms with Gasteiger partial charge in [0, 0.05) is 13.2 Å². The number of rotatable bonds is 8. The Morgan fingerprint density at radius 2 is 2.17 bits per heavy atom. The molecule has 1 atom stereocenters. The van der Waals surface area contributed by atoms with Gasteiger partial charge in [0.2, 0.25) is 0 Å². The molecule has 0 aromatic rings. The highest BCUT2D eigenvalue weighted by atomic mass is 35.5. The van der Waals surface area contributed by atoms with Crippen molar-refractivity contribution in [1.82, 2.24) is 0 Å². The summed E-state index contributed by atoms with van der Waals surface area (Å²) in [6.07, 6.45) is 2.30. The lowest BCUT2D eigenvalue weighted by molar-refractivity contribution is -0.0501.